The fraction of sp³-hybridized carbons (Fsp3) is 0.429. The highest BCUT2D eigenvalue weighted by molar-refractivity contribution is 5.99. The third kappa shape index (κ3) is 4.31. The lowest BCUT2D eigenvalue weighted by Gasteiger charge is -2.34. The van der Waals surface area contributed by atoms with Gasteiger partial charge >= 0.3 is 0 Å². The zero-order chi connectivity index (χ0) is 20.2. The molecule has 1 N–H and O–H groups in total. The van der Waals surface area contributed by atoms with Gasteiger partial charge < -0.3 is 19.5 Å². The lowest BCUT2D eigenvalue weighted by molar-refractivity contribution is 0.0518. The van der Waals surface area contributed by atoms with Crippen LogP contribution in [-0.2, 0) is 0 Å². The molecule has 0 unspecified atom stereocenters. The number of nitrogens with one attached hydrogen (secondary N) is 1. The van der Waals surface area contributed by atoms with Gasteiger partial charge in [-0.3, -0.25) is 19.4 Å². The third-order valence-electron chi connectivity index (χ3n) is 5.52. The molecule has 3 amide bonds. The number of amides is 3. The largest absolute Gasteiger partial charge is 0.459 e. The monoisotopic (exact) mass is 396 g/mol. The van der Waals surface area contributed by atoms with Crippen LogP contribution in [0.3, 0.4) is 0 Å². The van der Waals surface area contributed by atoms with E-state index in [0.29, 0.717) is 43.1 Å². The van der Waals surface area contributed by atoms with Gasteiger partial charge in [0.25, 0.3) is 17.7 Å². The Balaban J connectivity index is 1.36. The first kappa shape index (κ1) is 19.2. The molecule has 3 heterocycles. The van der Waals surface area contributed by atoms with Gasteiger partial charge in [0.2, 0.25) is 0 Å². The second kappa shape index (κ2) is 8.46. The van der Waals surface area contributed by atoms with Crippen molar-refractivity contribution in [3.05, 3.63) is 53.7 Å². The first-order valence-electron chi connectivity index (χ1n) is 10.00. The van der Waals surface area contributed by atoms with Crippen LogP contribution in [0.25, 0.3) is 0 Å². The zero-order valence-corrected chi connectivity index (χ0v) is 16.2. The smallest absolute Gasteiger partial charge is 0.289 e. The Hall–Kier alpha value is -3.16. The van der Waals surface area contributed by atoms with E-state index in [-0.39, 0.29) is 23.8 Å². The van der Waals surface area contributed by atoms with Crippen molar-refractivity contribution < 1.29 is 18.8 Å². The van der Waals surface area contributed by atoms with Crippen LogP contribution in [0.2, 0.25) is 0 Å². The predicted molar refractivity (Wildman–Crippen MR) is 104 cm³/mol. The molecule has 4 rings (SSSR count). The lowest BCUT2D eigenvalue weighted by atomic mass is 10.1. The van der Waals surface area contributed by atoms with Crippen molar-refractivity contribution in [2.24, 2.45) is 0 Å². The van der Waals surface area contributed by atoms with E-state index in [4.69, 9.17) is 4.42 Å². The number of pyridine rings is 1. The highest BCUT2D eigenvalue weighted by Gasteiger charge is 2.27. The maximum absolute atomic E-state index is 12.9. The summed E-state index contributed by atoms with van der Waals surface area (Å²) < 4.78 is 5.16. The topological polar surface area (TPSA) is 95.8 Å². The van der Waals surface area contributed by atoms with Crippen molar-refractivity contribution in [2.75, 3.05) is 26.2 Å². The van der Waals surface area contributed by atoms with Gasteiger partial charge in [0.05, 0.1) is 17.4 Å². The van der Waals surface area contributed by atoms with E-state index >= 15 is 0 Å². The predicted octanol–water partition coefficient (Wildman–Crippen LogP) is 1.95. The molecule has 8 nitrogen and oxygen atoms in total. The van der Waals surface area contributed by atoms with Gasteiger partial charge in [-0.15, -0.1) is 0 Å². The Bertz CT molecular complexity index is 882. The Morgan fingerprint density at radius 2 is 1.62 bits per heavy atom. The van der Waals surface area contributed by atoms with Crippen LogP contribution < -0.4 is 5.32 Å². The molecule has 0 atom stereocenters. The van der Waals surface area contributed by atoms with Crippen molar-refractivity contribution in [2.45, 2.75) is 31.7 Å². The van der Waals surface area contributed by atoms with Crippen LogP contribution in [0.4, 0.5) is 0 Å². The van der Waals surface area contributed by atoms with Crippen LogP contribution >= 0.6 is 0 Å². The van der Waals surface area contributed by atoms with Crippen LogP contribution in [-0.4, -0.2) is 64.7 Å². The molecule has 8 heteroatoms. The summed E-state index contributed by atoms with van der Waals surface area (Å²) in [7, 11) is 0. The summed E-state index contributed by atoms with van der Waals surface area (Å²) in [6.07, 6.45) is 8.70. The Labute approximate surface area is 168 Å². The molecule has 2 aliphatic rings. The first-order valence-corrected chi connectivity index (χ1v) is 10.00. The molecule has 1 aliphatic carbocycles. The van der Waals surface area contributed by atoms with Gasteiger partial charge in [-0.1, -0.05) is 12.8 Å². The minimum atomic E-state index is -0.187. The SMILES string of the molecule is O=C(NC1CCCC1)c1cncc(C(=O)N2CCN(C(=O)c3ccco3)CC2)c1. The number of hydrogen-bond donors (Lipinski definition) is 1. The molecule has 0 radical (unpaired) electrons. The number of hydrogen-bond acceptors (Lipinski definition) is 5. The maximum atomic E-state index is 12.9. The number of nitrogens with zero attached hydrogens (tertiary/aromatic N) is 3. The van der Waals surface area contributed by atoms with Gasteiger partial charge in [0.15, 0.2) is 5.76 Å². The summed E-state index contributed by atoms with van der Waals surface area (Å²) in [6.45, 7) is 1.70. The molecule has 2 aromatic rings. The van der Waals surface area contributed by atoms with Crippen molar-refractivity contribution in [3.8, 4) is 0 Å². The summed E-state index contributed by atoms with van der Waals surface area (Å²) >= 11 is 0. The van der Waals surface area contributed by atoms with Crippen molar-refractivity contribution >= 4 is 17.7 Å². The average Bonchev–Trinajstić information content (AvgIpc) is 3.47. The summed E-state index contributed by atoms with van der Waals surface area (Å²) in [5, 5.41) is 3.02. The van der Waals surface area contributed by atoms with Crippen molar-refractivity contribution in [1.82, 2.24) is 20.1 Å². The van der Waals surface area contributed by atoms with E-state index in [1.807, 2.05) is 0 Å². The second-order valence-corrected chi connectivity index (χ2v) is 7.48. The average molecular weight is 396 g/mol. The van der Waals surface area contributed by atoms with Gasteiger partial charge in [-0.25, -0.2) is 0 Å². The number of carbonyl (C=O) groups is 3. The lowest BCUT2D eigenvalue weighted by Crippen LogP contribution is -2.50. The molecule has 29 heavy (non-hydrogen) atoms. The Morgan fingerprint density at radius 3 is 2.28 bits per heavy atom. The van der Waals surface area contributed by atoms with Crippen LogP contribution in [0.1, 0.15) is 57.0 Å². The van der Waals surface area contributed by atoms with Crippen molar-refractivity contribution in [3.63, 3.8) is 0 Å². The van der Waals surface area contributed by atoms with E-state index < -0.39 is 0 Å². The number of aromatic nitrogens is 1. The van der Waals surface area contributed by atoms with Gasteiger partial charge in [-0.2, -0.15) is 0 Å². The summed E-state index contributed by atoms with van der Waals surface area (Å²) in [6, 6.07) is 5.12. The number of rotatable bonds is 4. The molecule has 152 valence electrons. The van der Waals surface area contributed by atoms with E-state index in [2.05, 4.69) is 10.3 Å². The molecule has 2 aromatic heterocycles. The molecule has 0 spiro atoms. The highest BCUT2D eigenvalue weighted by Crippen LogP contribution is 2.18. The fourth-order valence-corrected chi connectivity index (χ4v) is 3.87. The van der Waals surface area contributed by atoms with Gasteiger partial charge in [0, 0.05) is 44.6 Å². The second-order valence-electron chi connectivity index (χ2n) is 7.48. The molecular weight excluding hydrogens is 372 g/mol. The number of furan rings is 1. The molecular formula is C21H24N4O4. The maximum Gasteiger partial charge on any atom is 0.289 e. The van der Waals surface area contributed by atoms with E-state index in [9.17, 15) is 14.4 Å². The summed E-state index contributed by atoms with van der Waals surface area (Å²) in [5.74, 6) is -0.240. The van der Waals surface area contributed by atoms with Crippen LogP contribution in [0.15, 0.2) is 41.3 Å². The molecule has 2 fully saturated rings. The fourth-order valence-electron chi connectivity index (χ4n) is 3.87. The molecule has 0 aromatic carbocycles. The van der Waals surface area contributed by atoms with Crippen LogP contribution in [0, 0.1) is 0 Å². The molecule has 1 aliphatic heterocycles. The molecule has 1 saturated heterocycles. The molecule has 0 bridgehead atoms. The van der Waals surface area contributed by atoms with Crippen LogP contribution in [0.5, 0.6) is 0 Å². The minimum absolute atomic E-state index is 0.172. The summed E-state index contributed by atoms with van der Waals surface area (Å²) in [4.78, 5) is 45.1. The highest BCUT2D eigenvalue weighted by atomic mass is 16.3. The minimum Gasteiger partial charge on any atom is -0.459 e. The first-order chi connectivity index (χ1) is 14.1. The quantitative estimate of drug-likeness (QED) is 0.852. The van der Waals surface area contributed by atoms with E-state index in [0.717, 1.165) is 25.7 Å². The van der Waals surface area contributed by atoms with E-state index in [1.54, 1.807) is 28.0 Å². The van der Waals surface area contributed by atoms with Gasteiger partial charge in [0.1, 0.15) is 0 Å². The van der Waals surface area contributed by atoms with Crippen molar-refractivity contribution in [1.29, 1.82) is 0 Å². The summed E-state index contributed by atoms with van der Waals surface area (Å²) in [5.41, 5.74) is 0.782. The standard InChI is InChI=1S/C21H24N4O4/c26-19(23-17-4-1-2-5-17)15-12-16(14-22-13-15)20(27)24-7-9-25(10-8-24)21(28)18-6-3-11-29-18/h3,6,11-14,17H,1-2,4-5,7-10H2,(H,23,26). The van der Waals surface area contributed by atoms with Gasteiger partial charge in [-0.05, 0) is 31.0 Å². The zero-order valence-electron chi connectivity index (χ0n) is 16.2. The molecule has 1 saturated carbocycles. The van der Waals surface area contributed by atoms with E-state index in [1.165, 1.54) is 18.7 Å². The Kier molecular flexibility index (Phi) is 5.59. The Morgan fingerprint density at radius 1 is 0.966 bits per heavy atom. The number of piperazine rings is 1. The third-order valence-corrected chi connectivity index (χ3v) is 5.52. The number of carbonyl (C=O) groups excluding carboxylic acids is 3. The normalized spacial score (nSPS) is 17.4.